The van der Waals surface area contributed by atoms with Gasteiger partial charge in [0.2, 0.25) is 0 Å². The molecule has 1 aromatic rings. The number of hydrogen-bond donors (Lipinski definition) is 1. The molecular weight excluding hydrogens is 279 g/mol. The van der Waals surface area contributed by atoms with Gasteiger partial charge in [-0.1, -0.05) is 0 Å². The Labute approximate surface area is 98.0 Å². The van der Waals surface area contributed by atoms with E-state index in [1.165, 1.54) is 0 Å². The summed E-state index contributed by atoms with van der Waals surface area (Å²) in [6.45, 7) is 1.05. The highest BCUT2D eigenvalue weighted by atomic mass is 79.9. The van der Waals surface area contributed by atoms with Gasteiger partial charge in [-0.15, -0.1) is 24.8 Å². The molecule has 0 amide bonds. The molecule has 0 saturated heterocycles. The van der Waals surface area contributed by atoms with Gasteiger partial charge in [-0.25, -0.2) is 4.98 Å². The molecule has 0 fully saturated rings. The van der Waals surface area contributed by atoms with Crippen molar-refractivity contribution in [2.75, 3.05) is 13.2 Å². The largest absolute Gasteiger partial charge is 0.491 e. The molecule has 0 bridgehead atoms. The Kier molecular flexibility index (Phi) is 10.2. The van der Waals surface area contributed by atoms with Crippen LogP contribution in [0.2, 0.25) is 0 Å². The molecule has 1 aromatic heterocycles. The maximum absolute atomic E-state index is 5.25. The minimum atomic E-state index is 0. The molecule has 0 atom stereocenters. The summed E-state index contributed by atoms with van der Waals surface area (Å²) < 4.78 is 6.01. The molecule has 0 aromatic carbocycles. The van der Waals surface area contributed by atoms with Gasteiger partial charge in [0.15, 0.2) is 0 Å². The first kappa shape index (κ1) is 15.4. The number of halogens is 3. The van der Waals surface area contributed by atoms with E-state index in [-0.39, 0.29) is 24.8 Å². The van der Waals surface area contributed by atoms with Crippen molar-refractivity contribution >= 4 is 40.7 Å². The van der Waals surface area contributed by atoms with Gasteiger partial charge in [0, 0.05) is 6.54 Å². The molecule has 0 radical (unpaired) electrons. The van der Waals surface area contributed by atoms with Crippen LogP contribution in [0.3, 0.4) is 0 Å². The Morgan fingerprint density at radius 2 is 2.08 bits per heavy atom. The summed E-state index contributed by atoms with van der Waals surface area (Å²) in [6.07, 6.45) is 1.65. The van der Waals surface area contributed by atoms with Crippen LogP contribution in [0.5, 0.6) is 5.75 Å². The van der Waals surface area contributed by atoms with Crippen molar-refractivity contribution in [2.45, 2.75) is 0 Å². The highest BCUT2D eigenvalue weighted by molar-refractivity contribution is 9.10. The van der Waals surface area contributed by atoms with Crippen LogP contribution in [0.1, 0.15) is 0 Å². The monoisotopic (exact) mass is 288 g/mol. The zero-order chi connectivity index (χ0) is 8.10. The SMILES string of the molecule is Cl.Cl.NCCOc1ccc(Br)nc1. The minimum Gasteiger partial charge on any atom is -0.491 e. The van der Waals surface area contributed by atoms with Crippen molar-refractivity contribution in [2.24, 2.45) is 5.73 Å². The van der Waals surface area contributed by atoms with E-state index < -0.39 is 0 Å². The third kappa shape index (κ3) is 6.10. The van der Waals surface area contributed by atoms with Crippen LogP contribution in [-0.2, 0) is 0 Å². The fraction of sp³-hybridized carbons (Fsp3) is 0.286. The van der Waals surface area contributed by atoms with Gasteiger partial charge in [0.05, 0.1) is 6.20 Å². The van der Waals surface area contributed by atoms with E-state index in [9.17, 15) is 0 Å². The minimum absolute atomic E-state index is 0. The second-order valence-corrected chi connectivity index (χ2v) is 2.77. The van der Waals surface area contributed by atoms with Crippen molar-refractivity contribution in [3.05, 3.63) is 22.9 Å². The van der Waals surface area contributed by atoms with Gasteiger partial charge < -0.3 is 10.5 Å². The topological polar surface area (TPSA) is 48.1 Å². The smallest absolute Gasteiger partial charge is 0.137 e. The van der Waals surface area contributed by atoms with E-state index in [0.717, 1.165) is 10.4 Å². The summed E-state index contributed by atoms with van der Waals surface area (Å²) in [5.41, 5.74) is 5.25. The number of pyridine rings is 1. The van der Waals surface area contributed by atoms with Crippen LogP contribution >= 0.6 is 40.7 Å². The second kappa shape index (κ2) is 8.56. The van der Waals surface area contributed by atoms with Crippen LogP contribution in [0.4, 0.5) is 0 Å². The standard InChI is InChI=1S/C7H9BrN2O.2ClH/c8-7-2-1-6(5-10-7)11-4-3-9;;/h1-2,5H,3-4,9H2;2*1H. The van der Waals surface area contributed by atoms with E-state index in [1.54, 1.807) is 6.20 Å². The summed E-state index contributed by atoms with van der Waals surface area (Å²) in [5.74, 6) is 0.749. The van der Waals surface area contributed by atoms with Crippen molar-refractivity contribution in [3.8, 4) is 5.75 Å². The summed E-state index contributed by atoms with van der Waals surface area (Å²) >= 11 is 3.22. The highest BCUT2D eigenvalue weighted by Gasteiger charge is 1.91. The van der Waals surface area contributed by atoms with E-state index in [4.69, 9.17) is 10.5 Å². The molecule has 0 spiro atoms. The molecule has 2 N–H and O–H groups in total. The van der Waals surface area contributed by atoms with Gasteiger partial charge >= 0.3 is 0 Å². The lowest BCUT2D eigenvalue weighted by atomic mass is 10.5. The van der Waals surface area contributed by atoms with Crippen LogP contribution in [0.15, 0.2) is 22.9 Å². The summed E-state index contributed by atoms with van der Waals surface area (Å²) in [7, 11) is 0. The molecule has 3 nitrogen and oxygen atoms in total. The van der Waals surface area contributed by atoms with Crippen LogP contribution in [0.25, 0.3) is 0 Å². The molecule has 0 unspecified atom stereocenters. The number of aromatic nitrogens is 1. The van der Waals surface area contributed by atoms with E-state index >= 15 is 0 Å². The Bertz CT molecular complexity index is 220. The Morgan fingerprint density at radius 1 is 1.38 bits per heavy atom. The normalized spacial score (nSPS) is 8.15. The van der Waals surface area contributed by atoms with Crippen LogP contribution < -0.4 is 10.5 Å². The van der Waals surface area contributed by atoms with Crippen molar-refractivity contribution < 1.29 is 4.74 Å². The number of ether oxygens (including phenoxy) is 1. The first-order chi connectivity index (χ1) is 5.33. The van der Waals surface area contributed by atoms with Crippen LogP contribution in [0, 0.1) is 0 Å². The first-order valence-electron chi connectivity index (χ1n) is 3.27. The quantitative estimate of drug-likeness (QED) is 0.866. The second-order valence-electron chi connectivity index (χ2n) is 1.95. The average Bonchev–Trinajstić information content (AvgIpc) is 2.04. The molecular formula is C7H11BrCl2N2O. The maximum atomic E-state index is 5.25. The predicted molar refractivity (Wildman–Crippen MR) is 61.0 cm³/mol. The molecule has 76 valence electrons. The molecule has 0 aliphatic carbocycles. The predicted octanol–water partition coefficient (Wildman–Crippen LogP) is 2.03. The number of rotatable bonds is 3. The molecule has 6 heteroatoms. The van der Waals surface area contributed by atoms with E-state index in [0.29, 0.717) is 13.2 Å². The van der Waals surface area contributed by atoms with Gasteiger partial charge in [-0.05, 0) is 28.1 Å². The number of nitrogens with two attached hydrogens (primary N) is 1. The highest BCUT2D eigenvalue weighted by Crippen LogP contribution is 2.11. The van der Waals surface area contributed by atoms with Crippen molar-refractivity contribution in [1.29, 1.82) is 0 Å². The summed E-state index contributed by atoms with van der Waals surface area (Å²) in [5, 5.41) is 0. The third-order valence-electron chi connectivity index (χ3n) is 1.09. The number of nitrogens with zero attached hydrogens (tertiary/aromatic N) is 1. The lowest BCUT2D eigenvalue weighted by molar-refractivity contribution is 0.327. The van der Waals surface area contributed by atoms with Gasteiger partial charge in [-0.3, -0.25) is 0 Å². The van der Waals surface area contributed by atoms with Crippen molar-refractivity contribution in [3.63, 3.8) is 0 Å². The molecule has 1 heterocycles. The third-order valence-corrected chi connectivity index (χ3v) is 1.56. The molecule has 0 saturated carbocycles. The zero-order valence-electron chi connectivity index (χ0n) is 6.77. The summed E-state index contributed by atoms with van der Waals surface area (Å²) in [4.78, 5) is 3.98. The average molecular weight is 290 g/mol. The summed E-state index contributed by atoms with van der Waals surface area (Å²) in [6, 6.07) is 3.67. The van der Waals surface area contributed by atoms with Gasteiger partial charge in [0.25, 0.3) is 0 Å². The van der Waals surface area contributed by atoms with Gasteiger partial charge in [0.1, 0.15) is 17.0 Å². The fourth-order valence-electron chi connectivity index (χ4n) is 0.624. The fourth-order valence-corrected chi connectivity index (χ4v) is 0.859. The molecule has 0 aliphatic heterocycles. The van der Waals surface area contributed by atoms with Crippen LogP contribution in [-0.4, -0.2) is 18.1 Å². The van der Waals surface area contributed by atoms with Gasteiger partial charge in [-0.2, -0.15) is 0 Å². The molecule has 1 rings (SSSR count). The molecule has 13 heavy (non-hydrogen) atoms. The maximum Gasteiger partial charge on any atom is 0.137 e. The lowest BCUT2D eigenvalue weighted by Crippen LogP contribution is -2.10. The molecule has 0 aliphatic rings. The Balaban J connectivity index is 0. The first-order valence-corrected chi connectivity index (χ1v) is 4.06. The lowest BCUT2D eigenvalue weighted by Gasteiger charge is -2.02. The Morgan fingerprint density at radius 3 is 2.54 bits per heavy atom. The number of hydrogen-bond acceptors (Lipinski definition) is 3. The zero-order valence-corrected chi connectivity index (χ0v) is 9.99. The Hall–Kier alpha value is -0.0300. The van der Waals surface area contributed by atoms with E-state index in [1.807, 2.05) is 12.1 Å². The van der Waals surface area contributed by atoms with E-state index in [2.05, 4.69) is 20.9 Å². The van der Waals surface area contributed by atoms with Crippen molar-refractivity contribution in [1.82, 2.24) is 4.98 Å².